The normalized spacial score (nSPS) is 16.8. The lowest BCUT2D eigenvalue weighted by Gasteiger charge is -2.27. The van der Waals surface area contributed by atoms with E-state index in [9.17, 15) is 13.2 Å². The molecule has 3 unspecified atom stereocenters. The summed E-state index contributed by atoms with van der Waals surface area (Å²) in [4.78, 5) is 0. The van der Waals surface area contributed by atoms with Crippen molar-refractivity contribution in [2.75, 3.05) is 13.2 Å². The minimum atomic E-state index is -4.41. The molecule has 0 aliphatic heterocycles. The maximum atomic E-state index is 13.0. The van der Waals surface area contributed by atoms with E-state index in [1.165, 1.54) is 12.1 Å². The topological polar surface area (TPSA) is 58.3 Å². The highest BCUT2D eigenvalue weighted by atomic mass is 19.4. The molecule has 1 aromatic carbocycles. The predicted molar refractivity (Wildman–Crippen MR) is 72.1 cm³/mol. The molecule has 114 valence electrons. The van der Waals surface area contributed by atoms with Crippen molar-refractivity contribution in [1.82, 2.24) is 5.32 Å². The summed E-state index contributed by atoms with van der Waals surface area (Å²) in [6.07, 6.45) is -4.41. The summed E-state index contributed by atoms with van der Waals surface area (Å²) in [6, 6.07) is 4.67. The fraction of sp³-hybridized carbons (Fsp3) is 0.571. The number of aliphatic hydroxyl groups excluding tert-OH is 1. The highest BCUT2D eigenvalue weighted by Crippen LogP contribution is 2.34. The number of alkyl halides is 3. The molecule has 0 aromatic heterocycles. The van der Waals surface area contributed by atoms with E-state index < -0.39 is 17.8 Å². The number of nitrogens with two attached hydrogens (primary N) is 1. The number of hydrogen-bond acceptors (Lipinski definition) is 3. The molecule has 1 rings (SSSR count). The largest absolute Gasteiger partial charge is 0.416 e. The maximum Gasteiger partial charge on any atom is 0.416 e. The van der Waals surface area contributed by atoms with Crippen molar-refractivity contribution < 1.29 is 18.3 Å². The van der Waals surface area contributed by atoms with Gasteiger partial charge in [0.2, 0.25) is 0 Å². The first-order valence-electron chi connectivity index (χ1n) is 6.54. The van der Waals surface area contributed by atoms with E-state index in [-0.39, 0.29) is 30.7 Å². The second-order valence-electron chi connectivity index (χ2n) is 4.99. The lowest BCUT2D eigenvalue weighted by molar-refractivity contribution is -0.138. The van der Waals surface area contributed by atoms with Crippen LogP contribution in [0.15, 0.2) is 24.3 Å². The van der Waals surface area contributed by atoms with Gasteiger partial charge in [0.1, 0.15) is 0 Å². The van der Waals surface area contributed by atoms with Crippen molar-refractivity contribution in [3.63, 3.8) is 0 Å². The lowest BCUT2D eigenvalue weighted by atomic mass is 9.97. The summed E-state index contributed by atoms with van der Waals surface area (Å²) in [5.41, 5.74) is 5.08. The molecule has 1 aromatic rings. The molecule has 0 radical (unpaired) electrons. The van der Waals surface area contributed by atoms with Crippen molar-refractivity contribution in [3.05, 3.63) is 35.4 Å². The Kier molecular flexibility index (Phi) is 5.98. The van der Waals surface area contributed by atoms with Crippen LogP contribution in [0, 0.1) is 5.92 Å². The van der Waals surface area contributed by atoms with Gasteiger partial charge in [-0.3, -0.25) is 0 Å². The van der Waals surface area contributed by atoms with E-state index in [1.54, 1.807) is 6.07 Å². The number of aliphatic hydroxyl groups is 1. The molecule has 0 aliphatic carbocycles. The molecule has 0 spiro atoms. The van der Waals surface area contributed by atoms with Crippen molar-refractivity contribution in [2.24, 2.45) is 11.7 Å². The third-order valence-corrected chi connectivity index (χ3v) is 3.48. The second kappa shape index (κ2) is 7.06. The summed E-state index contributed by atoms with van der Waals surface area (Å²) in [5, 5.41) is 12.2. The molecule has 0 bridgehead atoms. The summed E-state index contributed by atoms with van der Waals surface area (Å²) >= 11 is 0. The summed E-state index contributed by atoms with van der Waals surface area (Å²) in [6.45, 7) is 3.66. The van der Waals surface area contributed by atoms with Gasteiger partial charge in [-0.25, -0.2) is 0 Å². The molecule has 6 heteroatoms. The summed E-state index contributed by atoms with van der Waals surface area (Å²) < 4.78 is 39.0. The van der Waals surface area contributed by atoms with Gasteiger partial charge in [-0.15, -0.1) is 0 Å². The molecule has 0 aliphatic rings. The van der Waals surface area contributed by atoms with E-state index in [2.05, 4.69) is 5.32 Å². The van der Waals surface area contributed by atoms with Gasteiger partial charge in [-0.1, -0.05) is 25.1 Å². The third kappa shape index (κ3) is 4.19. The zero-order valence-corrected chi connectivity index (χ0v) is 11.6. The number of benzene rings is 1. The van der Waals surface area contributed by atoms with Crippen molar-refractivity contribution >= 4 is 0 Å². The fourth-order valence-electron chi connectivity index (χ4n) is 1.98. The van der Waals surface area contributed by atoms with Crippen LogP contribution in [0.25, 0.3) is 0 Å². The highest BCUT2D eigenvalue weighted by Gasteiger charge is 2.35. The van der Waals surface area contributed by atoms with Crippen LogP contribution in [0.2, 0.25) is 0 Å². The molecule has 4 N–H and O–H groups in total. The standard InChI is InChI=1S/C14H21F3N2O/c1-9(8-20)10(2)19-13(7-18)11-5-3-4-6-12(11)14(15,16)17/h3-6,9-10,13,19-20H,7-8,18H2,1-2H3. The van der Waals surface area contributed by atoms with Crippen molar-refractivity contribution in [1.29, 1.82) is 0 Å². The number of halogens is 3. The average molecular weight is 290 g/mol. The van der Waals surface area contributed by atoms with E-state index in [0.29, 0.717) is 0 Å². The van der Waals surface area contributed by atoms with Gasteiger partial charge in [-0.05, 0) is 24.5 Å². The van der Waals surface area contributed by atoms with E-state index in [1.807, 2.05) is 13.8 Å². The maximum absolute atomic E-state index is 13.0. The third-order valence-electron chi connectivity index (χ3n) is 3.48. The minimum Gasteiger partial charge on any atom is -0.396 e. The van der Waals surface area contributed by atoms with E-state index in [4.69, 9.17) is 10.8 Å². The SMILES string of the molecule is CC(CO)C(C)NC(CN)c1ccccc1C(F)(F)F. The zero-order chi connectivity index (χ0) is 15.3. The molecule has 3 nitrogen and oxygen atoms in total. The van der Waals surface area contributed by atoms with Crippen LogP contribution in [0.1, 0.15) is 31.0 Å². The van der Waals surface area contributed by atoms with Gasteiger partial charge >= 0.3 is 6.18 Å². The Morgan fingerprint density at radius 2 is 1.85 bits per heavy atom. The Hall–Kier alpha value is -1.11. The Balaban J connectivity index is 3.01. The minimum absolute atomic E-state index is 0.0353. The molecule has 20 heavy (non-hydrogen) atoms. The van der Waals surface area contributed by atoms with Crippen LogP contribution in [-0.4, -0.2) is 24.3 Å². The van der Waals surface area contributed by atoms with Crippen molar-refractivity contribution in [3.8, 4) is 0 Å². The zero-order valence-electron chi connectivity index (χ0n) is 11.6. The Bertz CT molecular complexity index is 423. The summed E-state index contributed by atoms with van der Waals surface area (Å²) in [7, 11) is 0. The van der Waals surface area contributed by atoms with E-state index >= 15 is 0 Å². The molecular formula is C14H21F3N2O. The molecule has 0 saturated carbocycles. The monoisotopic (exact) mass is 290 g/mol. The van der Waals surface area contributed by atoms with Crippen LogP contribution < -0.4 is 11.1 Å². The molecule has 0 saturated heterocycles. The lowest BCUT2D eigenvalue weighted by Crippen LogP contribution is -2.40. The van der Waals surface area contributed by atoms with Crippen LogP contribution in [0.4, 0.5) is 13.2 Å². The Morgan fingerprint density at radius 3 is 2.35 bits per heavy atom. The molecule has 0 heterocycles. The molecule has 3 atom stereocenters. The Labute approximate surface area is 117 Å². The number of nitrogens with one attached hydrogen (secondary N) is 1. The number of rotatable bonds is 6. The predicted octanol–water partition coefficient (Wildman–Crippen LogP) is 2.31. The summed E-state index contributed by atoms with van der Waals surface area (Å²) in [5.74, 6) is -0.0675. The van der Waals surface area contributed by atoms with Crippen LogP contribution in [0.5, 0.6) is 0 Å². The first-order valence-corrected chi connectivity index (χ1v) is 6.54. The molecular weight excluding hydrogens is 269 g/mol. The van der Waals surface area contributed by atoms with Crippen LogP contribution in [-0.2, 0) is 6.18 Å². The molecule has 0 fully saturated rings. The fourth-order valence-corrected chi connectivity index (χ4v) is 1.98. The van der Waals surface area contributed by atoms with Gasteiger partial charge in [-0.2, -0.15) is 13.2 Å². The van der Waals surface area contributed by atoms with Gasteiger partial charge < -0.3 is 16.2 Å². The average Bonchev–Trinajstić information content (AvgIpc) is 2.42. The van der Waals surface area contributed by atoms with Crippen LogP contribution in [0.3, 0.4) is 0 Å². The molecule has 0 amide bonds. The van der Waals surface area contributed by atoms with Gasteiger partial charge in [0, 0.05) is 25.2 Å². The first-order chi connectivity index (χ1) is 9.31. The first kappa shape index (κ1) is 16.9. The van der Waals surface area contributed by atoms with Crippen molar-refractivity contribution in [2.45, 2.75) is 32.1 Å². The Morgan fingerprint density at radius 1 is 1.25 bits per heavy atom. The van der Waals surface area contributed by atoms with Gasteiger partial charge in [0.25, 0.3) is 0 Å². The van der Waals surface area contributed by atoms with Gasteiger partial charge in [0.15, 0.2) is 0 Å². The van der Waals surface area contributed by atoms with Gasteiger partial charge in [0.05, 0.1) is 5.56 Å². The second-order valence-corrected chi connectivity index (χ2v) is 4.99. The van der Waals surface area contributed by atoms with E-state index in [0.717, 1.165) is 6.07 Å². The number of hydrogen-bond donors (Lipinski definition) is 3. The smallest absolute Gasteiger partial charge is 0.396 e. The highest BCUT2D eigenvalue weighted by molar-refractivity contribution is 5.32. The quantitative estimate of drug-likeness (QED) is 0.753. The van der Waals surface area contributed by atoms with Crippen LogP contribution >= 0.6 is 0 Å².